The van der Waals surface area contributed by atoms with Gasteiger partial charge in [0.15, 0.2) is 5.12 Å². The van der Waals surface area contributed by atoms with E-state index in [0.29, 0.717) is 0 Å². The van der Waals surface area contributed by atoms with Gasteiger partial charge in [-0.1, -0.05) is 86.3 Å². The second-order valence-corrected chi connectivity index (χ2v) is 9.08. The largest absolute Gasteiger partial charge is 0.459 e. The van der Waals surface area contributed by atoms with Crippen molar-refractivity contribution in [2.75, 3.05) is 5.75 Å². The quantitative estimate of drug-likeness (QED) is 0.468. The van der Waals surface area contributed by atoms with Crippen molar-refractivity contribution in [3.63, 3.8) is 0 Å². The second-order valence-electron chi connectivity index (χ2n) is 7.88. The van der Waals surface area contributed by atoms with Crippen LogP contribution in [0, 0.1) is 5.92 Å². The lowest BCUT2D eigenvalue weighted by Gasteiger charge is -2.24. The van der Waals surface area contributed by atoms with E-state index in [9.17, 15) is 19.2 Å². The third-order valence-corrected chi connectivity index (χ3v) is 5.62. The molecule has 2 rings (SSSR count). The second kappa shape index (κ2) is 14.0. The molecule has 0 aliphatic heterocycles. The lowest BCUT2D eigenvalue weighted by Crippen LogP contribution is -2.54. The monoisotopic (exact) mass is 486 g/mol. The van der Waals surface area contributed by atoms with Gasteiger partial charge in [0.1, 0.15) is 25.3 Å². The normalized spacial score (nSPS) is 12.4. The van der Waals surface area contributed by atoms with E-state index in [2.05, 4.69) is 10.6 Å². The number of rotatable bonds is 11. The molecule has 182 valence electrons. The Morgan fingerprint density at radius 3 is 1.85 bits per heavy atom. The molecule has 0 fully saturated rings. The Hall–Kier alpha value is -3.33. The average molecular weight is 487 g/mol. The molecule has 0 heterocycles. The van der Waals surface area contributed by atoms with Gasteiger partial charge in [-0.05, 0) is 17.0 Å². The van der Waals surface area contributed by atoms with Crippen LogP contribution in [-0.4, -0.2) is 40.9 Å². The van der Waals surface area contributed by atoms with Crippen LogP contribution < -0.4 is 10.6 Å². The van der Waals surface area contributed by atoms with Gasteiger partial charge in [0.25, 0.3) is 0 Å². The Morgan fingerprint density at radius 2 is 1.35 bits per heavy atom. The van der Waals surface area contributed by atoms with Crippen molar-refractivity contribution in [1.29, 1.82) is 0 Å². The molecule has 0 bridgehead atoms. The number of nitrogens with one attached hydrogen (secondary N) is 2. The number of alkyl carbamates (subject to hydrolysis) is 1. The smallest absolute Gasteiger partial charge is 0.408 e. The van der Waals surface area contributed by atoms with Gasteiger partial charge in [-0.3, -0.25) is 9.59 Å². The molecule has 0 aromatic heterocycles. The van der Waals surface area contributed by atoms with Crippen molar-refractivity contribution < 1.29 is 28.7 Å². The minimum Gasteiger partial charge on any atom is -0.459 e. The Balaban J connectivity index is 1.98. The SMILES string of the molecule is CC(=O)SCC(NC(=O)OCc1ccccc1)C(=O)NC(C(=O)OCc1ccccc1)C(C)C. The predicted octanol–water partition coefficient (Wildman–Crippen LogP) is 3.45. The van der Waals surface area contributed by atoms with Crippen LogP contribution in [0.15, 0.2) is 60.7 Å². The Bertz CT molecular complexity index is 952. The third-order valence-electron chi connectivity index (χ3n) is 4.72. The average Bonchev–Trinajstić information content (AvgIpc) is 2.83. The van der Waals surface area contributed by atoms with E-state index in [4.69, 9.17) is 9.47 Å². The van der Waals surface area contributed by atoms with E-state index < -0.39 is 30.1 Å². The molecule has 2 atom stereocenters. The summed E-state index contributed by atoms with van der Waals surface area (Å²) in [5.74, 6) is -1.47. The zero-order valence-corrected chi connectivity index (χ0v) is 20.3. The summed E-state index contributed by atoms with van der Waals surface area (Å²) in [4.78, 5) is 49.3. The number of carbonyl (C=O) groups is 4. The maximum atomic E-state index is 12.9. The molecular weight excluding hydrogens is 456 g/mol. The topological polar surface area (TPSA) is 111 Å². The summed E-state index contributed by atoms with van der Waals surface area (Å²) >= 11 is 0.889. The maximum absolute atomic E-state index is 12.9. The van der Waals surface area contributed by atoms with Crippen molar-refractivity contribution in [3.8, 4) is 0 Å². The standard InChI is InChI=1S/C25H30N2O6S/c1-17(2)22(24(30)32-14-19-10-6-4-7-11-19)27-23(29)21(16-34-18(3)28)26-25(31)33-15-20-12-8-5-9-13-20/h4-13,17,21-22H,14-16H2,1-3H3,(H,26,31)(H,27,29). The van der Waals surface area contributed by atoms with Crippen molar-refractivity contribution in [2.24, 2.45) is 5.92 Å². The van der Waals surface area contributed by atoms with E-state index >= 15 is 0 Å². The lowest BCUT2D eigenvalue weighted by molar-refractivity contribution is -0.150. The number of hydrogen-bond acceptors (Lipinski definition) is 7. The van der Waals surface area contributed by atoms with Gasteiger partial charge in [-0.2, -0.15) is 0 Å². The summed E-state index contributed by atoms with van der Waals surface area (Å²) in [6.07, 6.45) is -0.805. The fourth-order valence-electron chi connectivity index (χ4n) is 2.86. The molecule has 8 nitrogen and oxygen atoms in total. The molecule has 34 heavy (non-hydrogen) atoms. The molecule has 2 N–H and O–H groups in total. The molecule has 0 saturated heterocycles. The number of thioether (sulfide) groups is 1. The van der Waals surface area contributed by atoms with E-state index in [1.54, 1.807) is 26.0 Å². The maximum Gasteiger partial charge on any atom is 0.408 e. The molecule has 9 heteroatoms. The summed E-state index contributed by atoms with van der Waals surface area (Å²) < 4.78 is 10.6. The van der Waals surface area contributed by atoms with Crippen LogP contribution in [0.25, 0.3) is 0 Å². The molecule has 2 aromatic rings. The molecular formula is C25H30N2O6S. The molecule has 2 unspecified atom stereocenters. The summed E-state index contributed by atoms with van der Waals surface area (Å²) in [5, 5.41) is 4.92. The fraction of sp³-hybridized carbons (Fsp3) is 0.360. The van der Waals surface area contributed by atoms with Crippen LogP contribution in [0.1, 0.15) is 31.9 Å². The molecule has 0 radical (unpaired) electrons. The highest BCUT2D eigenvalue weighted by Gasteiger charge is 2.30. The highest BCUT2D eigenvalue weighted by Crippen LogP contribution is 2.10. The Labute approximate surface area is 203 Å². The van der Waals surface area contributed by atoms with Crippen LogP contribution in [-0.2, 0) is 37.1 Å². The number of esters is 1. The van der Waals surface area contributed by atoms with Gasteiger partial charge in [-0.15, -0.1) is 0 Å². The molecule has 0 aliphatic carbocycles. The number of carbonyl (C=O) groups excluding carboxylic acids is 4. The summed E-state index contributed by atoms with van der Waals surface area (Å²) in [7, 11) is 0. The van der Waals surface area contributed by atoms with Crippen LogP contribution >= 0.6 is 11.8 Å². The van der Waals surface area contributed by atoms with E-state index in [1.807, 2.05) is 48.5 Å². The summed E-state index contributed by atoms with van der Waals surface area (Å²) in [6, 6.07) is 16.3. The molecule has 2 amide bonds. The first kappa shape index (κ1) is 26.9. The molecule has 0 aliphatic rings. The highest BCUT2D eigenvalue weighted by atomic mass is 32.2. The van der Waals surface area contributed by atoms with E-state index in [1.165, 1.54) is 6.92 Å². The van der Waals surface area contributed by atoms with Gasteiger partial charge in [-0.25, -0.2) is 9.59 Å². The number of amides is 2. The Kier molecular flexibility index (Phi) is 11.1. The zero-order valence-electron chi connectivity index (χ0n) is 19.5. The number of hydrogen-bond donors (Lipinski definition) is 2. The van der Waals surface area contributed by atoms with Crippen molar-refractivity contribution in [3.05, 3.63) is 71.8 Å². The minimum absolute atomic E-state index is 0.00845. The molecule has 2 aromatic carbocycles. The molecule has 0 spiro atoms. The number of ether oxygens (including phenoxy) is 2. The third kappa shape index (κ3) is 9.66. The highest BCUT2D eigenvalue weighted by molar-refractivity contribution is 8.13. The number of benzene rings is 2. The summed E-state index contributed by atoms with van der Waals surface area (Å²) in [5.41, 5.74) is 1.61. The molecule has 0 saturated carbocycles. The van der Waals surface area contributed by atoms with Crippen LogP contribution in [0.4, 0.5) is 4.79 Å². The fourth-order valence-corrected chi connectivity index (χ4v) is 3.50. The van der Waals surface area contributed by atoms with E-state index in [0.717, 1.165) is 22.9 Å². The first-order valence-electron chi connectivity index (χ1n) is 10.9. The minimum atomic E-state index is -1.08. The van der Waals surface area contributed by atoms with Crippen LogP contribution in [0.5, 0.6) is 0 Å². The van der Waals surface area contributed by atoms with Gasteiger partial charge in [0, 0.05) is 12.7 Å². The first-order chi connectivity index (χ1) is 16.3. The van der Waals surface area contributed by atoms with Crippen molar-refractivity contribution >= 4 is 34.8 Å². The van der Waals surface area contributed by atoms with Crippen LogP contribution in [0.2, 0.25) is 0 Å². The lowest BCUT2D eigenvalue weighted by atomic mass is 10.0. The van der Waals surface area contributed by atoms with E-state index in [-0.39, 0.29) is 30.0 Å². The van der Waals surface area contributed by atoms with Crippen molar-refractivity contribution in [2.45, 2.75) is 46.1 Å². The zero-order chi connectivity index (χ0) is 24.9. The van der Waals surface area contributed by atoms with Gasteiger partial charge in [0.05, 0.1) is 0 Å². The first-order valence-corrected chi connectivity index (χ1v) is 11.9. The van der Waals surface area contributed by atoms with Crippen molar-refractivity contribution in [1.82, 2.24) is 10.6 Å². The predicted molar refractivity (Wildman–Crippen MR) is 130 cm³/mol. The summed E-state index contributed by atoms with van der Waals surface area (Å²) in [6.45, 7) is 5.02. The Morgan fingerprint density at radius 1 is 0.824 bits per heavy atom. The van der Waals surface area contributed by atoms with Gasteiger partial charge < -0.3 is 20.1 Å². The van der Waals surface area contributed by atoms with Crippen LogP contribution in [0.3, 0.4) is 0 Å². The van der Waals surface area contributed by atoms with Gasteiger partial charge >= 0.3 is 12.1 Å². The van der Waals surface area contributed by atoms with Gasteiger partial charge in [0.2, 0.25) is 5.91 Å².